The SMILES string of the molecule is CCN(c1cc(NCC(C)C)ncn1)C1CCS(=O)(=O)C1. The molecule has 118 valence electrons. The third kappa shape index (κ3) is 4.30. The summed E-state index contributed by atoms with van der Waals surface area (Å²) >= 11 is 0. The van der Waals surface area contributed by atoms with Crippen molar-refractivity contribution in [3.05, 3.63) is 12.4 Å². The zero-order valence-corrected chi connectivity index (χ0v) is 13.7. The Bertz CT molecular complexity index is 574. The van der Waals surface area contributed by atoms with Gasteiger partial charge in [-0.15, -0.1) is 0 Å². The van der Waals surface area contributed by atoms with Crippen LogP contribution in [0.4, 0.5) is 11.6 Å². The molecular formula is C14H24N4O2S. The molecule has 0 bridgehead atoms. The van der Waals surface area contributed by atoms with E-state index in [1.54, 1.807) is 0 Å². The van der Waals surface area contributed by atoms with Crippen LogP contribution in [-0.4, -0.2) is 49.0 Å². The summed E-state index contributed by atoms with van der Waals surface area (Å²) in [6.45, 7) is 7.88. The van der Waals surface area contributed by atoms with Crippen LogP contribution in [-0.2, 0) is 9.84 Å². The van der Waals surface area contributed by atoms with Crippen LogP contribution in [0.25, 0.3) is 0 Å². The second kappa shape index (κ2) is 6.60. The monoisotopic (exact) mass is 312 g/mol. The first-order valence-corrected chi connectivity index (χ1v) is 9.26. The topological polar surface area (TPSA) is 75.2 Å². The first kappa shape index (κ1) is 16.0. The molecule has 6 nitrogen and oxygen atoms in total. The molecule has 1 saturated heterocycles. The Morgan fingerprint density at radius 3 is 2.76 bits per heavy atom. The predicted molar refractivity (Wildman–Crippen MR) is 85.4 cm³/mol. The molecule has 7 heteroatoms. The van der Waals surface area contributed by atoms with Crippen molar-refractivity contribution in [2.75, 3.05) is 34.8 Å². The molecule has 0 amide bonds. The van der Waals surface area contributed by atoms with Gasteiger partial charge in [0.25, 0.3) is 0 Å². The van der Waals surface area contributed by atoms with E-state index in [2.05, 4.69) is 34.0 Å². The van der Waals surface area contributed by atoms with E-state index in [-0.39, 0.29) is 17.5 Å². The van der Waals surface area contributed by atoms with Gasteiger partial charge < -0.3 is 10.2 Å². The smallest absolute Gasteiger partial charge is 0.152 e. The van der Waals surface area contributed by atoms with Crippen molar-refractivity contribution >= 4 is 21.5 Å². The lowest BCUT2D eigenvalue weighted by Gasteiger charge is -2.28. The Balaban J connectivity index is 2.13. The third-order valence-corrected chi connectivity index (χ3v) is 5.38. The number of hydrogen-bond acceptors (Lipinski definition) is 6. The molecule has 1 atom stereocenters. The van der Waals surface area contributed by atoms with Gasteiger partial charge in [-0.1, -0.05) is 13.8 Å². The highest BCUT2D eigenvalue weighted by atomic mass is 32.2. The van der Waals surface area contributed by atoms with E-state index >= 15 is 0 Å². The van der Waals surface area contributed by atoms with Gasteiger partial charge in [-0.2, -0.15) is 0 Å². The van der Waals surface area contributed by atoms with Crippen LogP contribution in [0.3, 0.4) is 0 Å². The van der Waals surface area contributed by atoms with Gasteiger partial charge in [-0.3, -0.25) is 0 Å². The maximum absolute atomic E-state index is 11.7. The highest BCUT2D eigenvalue weighted by Gasteiger charge is 2.32. The van der Waals surface area contributed by atoms with Crippen molar-refractivity contribution in [2.45, 2.75) is 33.2 Å². The van der Waals surface area contributed by atoms with Gasteiger partial charge in [0.15, 0.2) is 9.84 Å². The van der Waals surface area contributed by atoms with Crippen LogP contribution in [0.15, 0.2) is 12.4 Å². The third-order valence-electron chi connectivity index (χ3n) is 3.63. The summed E-state index contributed by atoms with van der Waals surface area (Å²) in [4.78, 5) is 10.6. The lowest BCUT2D eigenvalue weighted by atomic mass is 10.2. The van der Waals surface area contributed by atoms with E-state index in [0.717, 1.165) is 24.7 Å². The van der Waals surface area contributed by atoms with Crippen molar-refractivity contribution in [3.8, 4) is 0 Å². The Hall–Kier alpha value is -1.37. The van der Waals surface area contributed by atoms with E-state index in [4.69, 9.17) is 0 Å². The fourth-order valence-corrected chi connectivity index (χ4v) is 4.27. The van der Waals surface area contributed by atoms with Crippen LogP contribution in [0.1, 0.15) is 27.2 Å². The number of aromatic nitrogens is 2. The number of hydrogen-bond donors (Lipinski definition) is 1. The molecule has 1 aliphatic heterocycles. The van der Waals surface area contributed by atoms with Gasteiger partial charge in [-0.05, 0) is 19.3 Å². The summed E-state index contributed by atoms with van der Waals surface area (Å²) < 4.78 is 23.3. The second-order valence-corrected chi connectivity index (χ2v) is 8.11. The van der Waals surface area contributed by atoms with Gasteiger partial charge in [0.05, 0.1) is 11.5 Å². The highest BCUT2D eigenvalue weighted by Crippen LogP contribution is 2.23. The summed E-state index contributed by atoms with van der Waals surface area (Å²) in [6.07, 6.45) is 2.21. The van der Waals surface area contributed by atoms with Crippen LogP contribution in [0.2, 0.25) is 0 Å². The number of nitrogens with zero attached hydrogens (tertiary/aromatic N) is 3. The van der Waals surface area contributed by atoms with Gasteiger partial charge in [-0.25, -0.2) is 18.4 Å². The van der Waals surface area contributed by atoms with E-state index in [0.29, 0.717) is 12.3 Å². The maximum atomic E-state index is 11.7. The minimum atomic E-state index is -2.89. The molecule has 21 heavy (non-hydrogen) atoms. The molecule has 0 radical (unpaired) electrons. The fourth-order valence-electron chi connectivity index (χ4n) is 2.54. The summed E-state index contributed by atoms with van der Waals surface area (Å²) in [5.41, 5.74) is 0. The zero-order valence-electron chi connectivity index (χ0n) is 12.9. The van der Waals surface area contributed by atoms with Crippen molar-refractivity contribution in [2.24, 2.45) is 5.92 Å². The summed E-state index contributed by atoms with van der Waals surface area (Å²) in [6, 6.07) is 1.92. The minimum Gasteiger partial charge on any atom is -0.370 e. The summed E-state index contributed by atoms with van der Waals surface area (Å²) in [5.74, 6) is 2.61. The Morgan fingerprint density at radius 2 is 2.19 bits per heavy atom. The Kier molecular flexibility index (Phi) is 5.03. The largest absolute Gasteiger partial charge is 0.370 e. The Labute approximate surface area is 126 Å². The van der Waals surface area contributed by atoms with Crippen molar-refractivity contribution in [3.63, 3.8) is 0 Å². The lowest BCUT2D eigenvalue weighted by molar-refractivity contribution is 0.599. The van der Waals surface area contributed by atoms with Crippen molar-refractivity contribution in [1.82, 2.24) is 9.97 Å². The second-order valence-electron chi connectivity index (χ2n) is 5.88. The number of rotatable bonds is 6. The average Bonchev–Trinajstić information content (AvgIpc) is 2.78. The molecule has 1 unspecified atom stereocenters. The zero-order chi connectivity index (χ0) is 15.5. The lowest BCUT2D eigenvalue weighted by Crippen LogP contribution is -2.36. The van der Waals surface area contributed by atoms with Crippen LogP contribution >= 0.6 is 0 Å². The van der Waals surface area contributed by atoms with Crippen LogP contribution < -0.4 is 10.2 Å². The van der Waals surface area contributed by atoms with Crippen molar-refractivity contribution in [1.29, 1.82) is 0 Å². The number of anilines is 2. The molecule has 1 aromatic heterocycles. The quantitative estimate of drug-likeness (QED) is 0.859. The summed E-state index contributed by atoms with van der Waals surface area (Å²) in [7, 11) is -2.89. The number of nitrogens with one attached hydrogen (secondary N) is 1. The van der Waals surface area contributed by atoms with Crippen LogP contribution in [0.5, 0.6) is 0 Å². The first-order chi connectivity index (χ1) is 9.91. The fraction of sp³-hybridized carbons (Fsp3) is 0.714. The highest BCUT2D eigenvalue weighted by molar-refractivity contribution is 7.91. The molecule has 2 heterocycles. The molecule has 1 fully saturated rings. The van der Waals surface area contributed by atoms with E-state index in [1.165, 1.54) is 6.33 Å². The molecule has 0 aliphatic carbocycles. The molecule has 1 aliphatic rings. The normalized spacial score (nSPS) is 20.7. The van der Waals surface area contributed by atoms with Gasteiger partial charge in [0, 0.05) is 25.2 Å². The summed E-state index contributed by atoms with van der Waals surface area (Å²) in [5, 5.41) is 3.27. The first-order valence-electron chi connectivity index (χ1n) is 7.44. The van der Waals surface area contributed by atoms with Gasteiger partial charge >= 0.3 is 0 Å². The molecule has 2 rings (SSSR count). The van der Waals surface area contributed by atoms with Crippen LogP contribution in [0, 0.1) is 5.92 Å². The molecule has 0 spiro atoms. The predicted octanol–water partition coefficient (Wildman–Crippen LogP) is 1.56. The van der Waals surface area contributed by atoms with E-state index in [1.807, 2.05) is 13.0 Å². The van der Waals surface area contributed by atoms with Gasteiger partial charge in [0.2, 0.25) is 0 Å². The van der Waals surface area contributed by atoms with Crippen molar-refractivity contribution < 1.29 is 8.42 Å². The molecule has 1 N–H and O–H groups in total. The Morgan fingerprint density at radius 1 is 1.43 bits per heavy atom. The maximum Gasteiger partial charge on any atom is 0.152 e. The van der Waals surface area contributed by atoms with E-state index in [9.17, 15) is 8.42 Å². The van der Waals surface area contributed by atoms with Gasteiger partial charge in [0.1, 0.15) is 18.0 Å². The molecule has 1 aromatic rings. The molecule has 0 aromatic carbocycles. The molecular weight excluding hydrogens is 288 g/mol. The standard InChI is InChI=1S/C14H24N4O2S/c1-4-18(12-5-6-21(19,20)9-12)14-7-13(16-10-17-14)15-8-11(2)3/h7,10-12H,4-6,8-9H2,1-3H3,(H,15,16,17). The van der Waals surface area contributed by atoms with E-state index < -0.39 is 9.84 Å². The minimum absolute atomic E-state index is 0.0212. The molecule has 0 saturated carbocycles. The number of sulfone groups is 1. The average molecular weight is 312 g/mol.